The molecule has 35 heavy (non-hydrogen) atoms. The minimum Gasteiger partial charge on any atom is -0.457 e. The number of aliphatic imine (C=N–C) groups is 1. The van der Waals surface area contributed by atoms with Gasteiger partial charge in [-0.3, -0.25) is 0 Å². The van der Waals surface area contributed by atoms with E-state index >= 15 is 0 Å². The molecule has 4 nitrogen and oxygen atoms in total. The predicted octanol–water partition coefficient (Wildman–Crippen LogP) is 6.68. The van der Waals surface area contributed by atoms with Crippen molar-refractivity contribution in [2.75, 3.05) is 6.54 Å². The molecule has 2 heterocycles. The first-order chi connectivity index (χ1) is 16.7. The zero-order valence-electron chi connectivity index (χ0n) is 21.0. The van der Waals surface area contributed by atoms with Crippen molar-refractivity contribution in [2.24, 2.45) is 10.7 Å². The fourth-order valence-corrected chi connectivity index (χ4v) is 4.08. The smallest absolute Gasteiger partial charge is 0.234 e. The topological polar surface area (TPSA) is 52.5 Å². The average Bonchev–Trinajstić information content (AvgIpc) is 3.42. The zero-order valence-corrected chi connectivity index (χ0v) is 21.0. The number of rotatable bonds is 7. The highest BCUT2D eigenvalue weighted by Crippen LogP contribution is 2.31. The van der Waals surface area contributed by atoms with Gasteiger partial charge in [0, 0.05) is 11.3 Å². The summed E-state index contributed by atoms with van der Waals surface area (Å²) >= 11 is 0. The molecule has 0 amide bonds. The van der Waals surface area contributed by atoms with Crippen LogP contribution >= 0.6 is 0 Å². The largest absolute Gasteiger partial charge is 0.457 e. The molecule has 0 saturated heterocycles. The summed E-state index contributed by atoms with van der Waals surface area (Å²) in [6.45, 7) is 9.22. The van der Waals surface area contributed by atoms with E-state index in [0.717, 1.165) is 45.3 Å². The fraction of sp³-hybridized carbons (Fsp3) is 0.233. The van der Waals surface area contributed by atoms with Gasteiger partial charge >= 0.3 is 0 Å². The third kappa shape index (κ3) is 5.93. The Morgan fingerprint density at radius 2 is 1.66 bits per heavy atom. The van der Waals surface area contributed by atoms with E-state index in [1.54, 1.807) is 4.48 Å². The van der Waals surface area contributed by atoms with Crippen LogP contribution in [0.1, 0.15) is 50.9 Å². The number of benzene rings is 2. The van der Waals surface area contributed by atoms with Crippen molar-refractivity contribution >= 4 is 25.3 Å². The number of hydrogen-bond acceptors (Lipinski definition) is 3. The summed E-state index contributed by atoms with van der Waals surface area (Å²) < 4.78 is 7.64. The molecule has 5 heteroatoms. The van der Waals surface area contributed by atoms with Crippen LogP contribution in [0.5, 0.6) is 11.5 Å². The molecule has 0 fully saturated rings. The molecule has 0 aliphatic carbocycles. The molecule has 4 rings (SSSR count). The van der Waals surface area contributed by atoms with Gasteiger partial charge in [0.2, 0.25) is 7.98 Å². The van der Waals surface area contributed by atoms with Crippen LogP contribution < -0.4 is 10.5 Å². The van der Waals surface area contributed by atoms with Crippen LogP contribution in [0.4, 0.5) is 0 Å². The Morgan fingerprint density at radius 1 is 1.00 bits per heavy atom. The lowest BCUT2D eigenvalue weighted by molar-refractivity contribution is 0.481. The minimum atomic E-state index is 0.127. The number of aromatic nitrogens is 1. The van der Waals surface area contributed by atoms with Crippen LogP contribution in [-0.4, -0.2) is 24.7 Å². The molecule has 176 valence electrons. The van der Waals surface area contributed by atoms with Gasteiger partial charge in [0.05, 0.1) is 11.4 Å². The van der Waals surface area contributed by atoms with E-state index in [1.165, 1.54) is 5.56 Å². The van der Waals surface area contributed by atoms with Crippen LogP contribution in [-0.2, 0) is 5.41 Å². The molecule has 0 spiro atoms. The van der Waals surface area contributed by atoms with Crippen molar-refractivity contribution in [3.05, 3.63) is 107 Å². The highest BCUT2D eigenvalue weighted by molar-refractivity contribution is 6.11. The number of nitrogens with zero attached hydrogens (tertiary/aromatic N) is 2. The summed E-state index contributed by atoms with van der Waals surface area (Å²) in [6, 6.07) is 20.3. The summed E-state index contributed by atoms with van der Waals surface area (Å²) in [5, 5.41) is 0. The monoisotopic (exact) mass is 461 g/mol. The van der Waals surface area contributed by atoms with E-state index < -0.39 is 0 Å². The number of allylic oxidation sites excluding steroid dienone is 3. The Morgan fingerprint density at radius 3 is 2.23 bits per heavy atom. The lowest BCUT2D eigenvalue weighted by atomic mass is 9.87. The van der Waals surface area contributed by atoms with Gasteiger partial charge in [0.1, 0.15) is 11.5 Å². The quantitative estimate of drug-likeness (QED) is 0.399. The molecule has 1 aromatic heterocycles. The van der Waals surface area contributed by atoms with Gasteiger partial charge in [0.15, 0.2) is 0 Å². The van der Waals surface area contributed by atoms with Crippen molar-refractivity contribution in [2.45, 2.75) is 39.5 Å². The molecule has 0 bridgehead atoms. The molecule has 2 N–H and O–H groups in total. The van der Waals surface area contributed by atoms with Crippen LogP contribution in [0.15, 0.2) is 95.3 Å². The first kappa shape index (κ1) is 24.6. The SMILES string of the molecule is [B]n1cccc1/C(CCN)=C1N=C(/C=C/c2ccc(Oc3ccc(C(C)(C)C)cc3)cc2)C=C\1C. The van der Waals surface area contributed by atoms with Gasteiger partial charge in [0.25, 0.3) is 0 Å². The summed E-state index contributed by atoms with van der Waals surface area (Å²) in [5.74, 6) is 1.64. The number of nitrogens with two attached hydrogens (primary N) is 1. The highest BCUT2D eigenvalue weighted by Gasteiger charge is 2.17. The zero-order chi connectivity index (χ0) is 25.0. The maximum atomic E-state index is 6.09. The Hall–Kier alpha value is -3.57. The van der Waals surface area contributed by atoms with Crippen LogP contribution in [0, 0.1) is 0 Å². The number of ether oxygens (including phenoxy) is 1. The van der Waals surface area contributed by atoms with Crippen LogP contribution in [0.25, 0.3) is 11.6 Å². The standard InChI is InChI=1S/C30H32BN3O/c1-21-20-24(33-29(21)27(17-18-32)28-6-5-19-34(28)31)12-7-22-8-13-25(14-9-22)35-26-15-10-23(11-16-26)30(2,3)4/h5-16,19-20H,17-18,32H2,1-4H3/b12-7+,29-27-. The second-order valence-corrected chi connectivity index (χ2v) is 9.81. The lowest BCUT2D eigenvalue weighted by Gasteiger charge is -2.19. The third-order valence-electron chi connectivity index (χ3n) is 6.03. The van der Waals surface area contributed by atoms with Crippen molar-refractivity contribution < 1.29 is 4.74 Å². The minimum absolute atomic E-state index is 0.127. The van der Waals surface area contributed by atoms with Crippen LogP contribution in [0.3, 0.4) is 0 Å². The van der Waals surface area contributed by atoms with E-state index in [4.69, 9.17) is 23.4 Å². The summed E-state index contributed by atoms with van der Waals surface area (Å²) in [6.07, 6.45) is 8.72. The molecular formula is C30H32BN3O. The van der Waals surface area contributed by atoms with Crippen molar-refractivity contribution in [1.82, 2.24) is 4.48 Å². The van der Waals surface area contributed by atoms with Crippen molar-refractivity contribution in [3.8, 4) is 11.5 Å². The Kier molecular flexibility index (Phi) is 7.27. The molecule has 2 radical (unpaired) electrons. The summed E-state index contributed by atoms with van der Waals surface area (Å²) in [5.41, 5.74) is 13.3. The first-order valence-electron chi connectivity index (χ1n) is 11.9. The normalized spacial score (nSPS) is 15.3. The molecular weight excluding hydrogens is 429 g/mol. The molecule has 1 aliphatic heterocycles. The second-order valence-electron chi connectivity index (χ2n) is 9.81. The second kappa shape index (κ2) is 10.4. The van der Waals surface area contributed by atoms with Gasteiger partial charge in [-0.05, 0) is 96.8 Å². The first-order valence-corrected chi connectivity index (χ1v) is 11.9. The molecule has 2 aromatic carbocycles. The van der Waals surface area contributed by atoms with Gasteiger partial charge in [-0.25, -0.2) is 4.99 Å². The maximum Gasteiger partial charge on any atom is 0.234 e. The third-order valence-corrected chi connectivity index (χ3v) is 6.03. The van der Waals surface area contributed by atoms with E-state index in [0.29, 0.717) is 13.0 Å². The molecule has 3 aromatic rings. The highest BCUT2D eigenvalue weighted by atomic mass is 16.5. The molecule has 1 aliphatic rings. The molecule has 0 saturated carbocycles. The van der Waals surface area contributed by atoms with E-state index in [-0.39, 0.29) is 5.41 Å². The Balaban J connectivity index is 1.47. The summed E-state index contributed by atoms with van der Waals surface area (Å²) in [4.78, 5) is 4.87. The van der Waals surface area contributed by atoms with Gasteiger partial charge < -0.3 is 14.9 Å². The lowest BCUT2D eigenvalue weighted by Crippen LogP contribution is -2.10. The van der Waals surface area contributed by atoms with E-state index in [1.807, 2.05) is 60.8 Å². The van der Waals surface area contributed by atoms with Gasteiger partial charge in [-0.15, -0.1) is 0 Å². The Bertz CT molecular complexity index is 1300. The van der Waals surface area contributed by atoms with Gasteiger partial charge in [-0.1, -0.05) is 51.1 Å². The van der Waals surface area contributed by atoms with E-state index in [9.17, 15) is 0 Å². The predicted molar refractivity (Wildman–Crippen MR) is 148 cm³/mol. The van der Waals surface area contributed by atoms with Crippen LogP contribution in [0.2, 0.25) is 0 Å². The van der Waals surface area contributed by atoms with E-state index in [2.05, 4.69) is 52.0 Å². The van der Waals surface area contributed by atoms with Crippen molar-refractivity contribution in [3.63, 3.8) is 0 Å². The Labute approximate surface area is 210 Å². The maximum absolute atomic E-state index is 6.09. The van der Waals surface area contributed by atoms with Gasteiger partial charge in [-0.2, -0.15) is 0 Å². The molecule has 0 unspecified atom stereocenters. The number of hydrogen-bond donors (Lipinski definition) is 1. The molecule has 0 atom stereocenters. The summed E-state index contributed by atoms with van der Waals surface area (Å²) in [7, 11) is 6.09. The van der Waals surface area contributed by atoms with Crippen molar-refractivity contribution in [1.29, 1.82) is 0 Å². The fourth-order valence-electron chi connectivity index (χ4n) is 4.08. The average molecular weight is 461 g/mol.